The number of rotatable bonds is 8. The van der Waals surface area contributed by atoms with E-state index in [4.69, 9.17) is 23.7 Å². The lowest BCUT2D eigenvalue weighted by atomic mass is 10.1. The van der Waals surface area contributed by atoms with E-state index in [2.05, 4.69) is 20.2 Å². The van der Waals surface area contributed by atoms with Crippen LogP contribution in [0.15, 0.2) is 30.6 Å². The zero-order valence-electron chi connectivity index (χ0n) is 19.5. The van der Waals surface area contributed by atoms with Crippen LogP contribution in [0.4, 0.5) is 0 Å². The molecule has 0 saturated carbocycles. The number of benzene rings is 1. The first-order valence-corrected chi connectivity index (χ1v) is 10.7. The number of hydrogen-bond donors (Lipinski definition) is 1. The fourth-order valence-corrected chi connectivity index (χ4v) is 3.85. The monoisotopic (exact) mass is 469 g/mol. The number of nitrogens with zero attached hydrogens (tertiary/aromatic N) is 4. The van der Waals surface area contributed by atoms with Crippen LogP contribution in [-0.2, 0) is 0 Å². The second-order valence-corrected chi connectivity index (χ2v) is 7.61. The van der Waals surface area contributed by atoms with Crippen molar-refractivity contribution in [3.8, 4) is 40.3 Å². The SMILES string of the molecule is COc1cncc(OC2CCCN(C(=O)c3cc(-c4cc(OC)c(OC)c(OC)c4)n[nH]3)C2)n1. The fraction of sp³-hybridized carbons (Fsp3) is 0.391. The third kappa shape index (κ3) is 4.82. The van der Waals surface area contributed by atoms with E-state index >= 15 is 0 Å². The minimum absolute atomic E-state index is 0.156. The Morgan fingerprint density at radius 1 is 1.00 bits per heavy atom. The van der Waals surface area contributed by atoms with E-state index in [-0.39, 0.29) is 12.0 Å². The molecular weight excluding hydrogens is 442 g/mol. The highest BCUT2D eigenvalue weighted by atomic mass is 16.5. The lowest BCUT2D eigenvalue weighted by Gasteiger charge is -2.32. The second kappa shape index (κ2) is 10.3. The van der Waals surface area contributed by atoms with E-state index < -0.39 is 0 Å². The molecule has 3 aromatic rings. The van der Waals surface area contributed by atoms with Gasteiger partial charge in [-0.2, -0.15) is 10.1 Å². The second-order valence-electron chi connectivity index (χ2n) is 7.61. The zero-order valence-corrected chi connectivity index (χ0v) is 19.5. The van der Waals surface area contributed by atoms with Crippen LogP contribution in [0.5, 0.6) is 29.0 Å². The molecule has 1 unspecified atom stereocenters. The molecule has 1 aromatic carbocycles. The summed E-state index contributed by atoms with van der Waals surface area (Å²) in [5, 5.41) is 7.18. The number of aromatic amines is 1. The van der Waals surface area contributed by atoms with Crippen molar-refractivity contribution in [2.24, 2.45) is 0 Å². The smallest absolute Gasteiger partial charge is 0.272 e. The molecule has 1 fully saturated rings. The van der Waals surface area contributed by atoms with Crippen LogP contribution < -0.4 is 23.7 Å². The molecule has 11 heteroatoms. The van der Waals surface area contributed by atoms with Crippen LogP contribution in [0.1, 0.15) is 23.3 Å². The molecule has 0 spiro atoms. The van der Waals surface area contributed by atoms with Crippen molar-refractivity contribution in [3.05, 3.63) is 36.3 Å². The van der Waals surface area contributed by atoms with Gasteiger partial charge in [0, 0.05) is 12.1 Å². The van der Waals surface area contributed by atoms with Crippen LogP contribution in [0, 0.1) is 0 Å². The van der Waals surface area contributed by atoms with Crippen LogP contribution in [0.25, 0.3) is 11.3 Å². The molecule has 1 N–H and O–H groups in total. The number of methoxy groups -OCH3 is 4. The molecule has 0 radical (unpaired) electrons. The maximum Gasteiger partial charge on any atom is 0.272 e. The predicted octanol–water partition coefficient (Wildman–Crippen LogP) is 2.58. The molecule has 2 aromatic heterocycles. The summed E-state index contributed by atoms with van der Waals surface area (Å²) in [7, 11) is 6.16. The van der Waals surface area contributed by atoms with Gasteiger partial charge in [-0.15, -0.1) is 0 Å². The minimum Gasteiger partial charge on any atom is -0.493 e. The topological polar surface area (TPSA) is 121 Å². The Morgan fingerprint density at radius 3 is 2.41 bits per heavy atom. The number of aromatic nitrogens is 4. The van der Waals surface area contributed by atoms with Crippen molar-refractivity contribution in [2.45, 2.75) is 18.9 Å². The van der Waals surface area contributed by atoms with Gasteiger partial charge >= 0.3 is 0 Å². The summed E-state index contributed by atoms with van der Waals surface area (Å²) >= 11 is 0. The highest BCUT2D eigenvalue weighted by Gasteiger charge is 2.27. The standard InChI is InChI=1S/C23H27N5O6/c1-30-18-8-14(9-19(31-2)22(18)33-4)16-10-17(27-26-16)23(29)28-7-5-6-15(13-28)34-21-12-24-11-20(25-21)32-3/h8-12,15H,5-7,13H2,1-4H3,(H,26,27). The summed E-state index contributed by atoms with van der Waals surface area (Å²) in [4.78, 5) is 23.2. The van der Waals surface area contributed by atoms with Crippen molar-refractivity contribution in [1.82, 2.24) is 25.1 Å². The molecule has 1 saturated heterocycles. The van der Waals surface area contributed by atoms with Crippen LogP contribution in [-0.4, -0.2) is 78.6 Å². The van der Waals surface area contributed by atoms with E-state index in [1.54, 1.807) is 44.4 Å². The molecule has 1 amide bonds. The Morgan fingerprint density at radius 2 is 1.74 bits per heavy atom. The van der Waals surface area contributed by atoms with Crippen molar-refractivity contribution in [3.63, 3.8) is 0 Å². The summed E-state index contributed by atoms with van der Waals surface area (Å²) in [6.45, 7) is 1.05. The van der Waals surface area contributed by atoms with E-state index in [9.17, 15) is 4.79 Å². The summed E-state index contributed by atoms with van der Waals surface area (Å²) < 4.78 is 27.2. The van der Waals surface area contributed by atoms with Gasteiger partial charge in [0.1, 0.15) is 11.8 Å². The van der Waals surface area contributed by atoms with Crippen LogP contribution in [0.2, 0.25) is 0 Å². The van der Waals surface area contributed by atoms with Gasteiger partial charge in [0.25, 0.3) is 5.91 Å². The molecule has 1 aliphatic heterocycles. The summed E-state index contributed by atoms with van der Waals surface area (Å²) in [5.41, 5.74) is 1.69. The van der Waals surface area contributed by atoms with Crippen LogP contribution >= 0.6 is 0 Å². The number of hydrogen-bond acceptors (Lipinski definition) is 9. The maximum absolute atomic E-state index is 13.2. The highest BCUT2D eigenvalue weighted by molar-refractivity contribution is 5.93. The largest absolute Gasteiger partial charge is 0.493 e. The van der Waals surface area contributed by atoms with Crippen molar-refractivity contribution >= 4 is 5.91 Å². The Balaban J connectivity index is 1.48. The number of piperidine rings is 1. The van der Waals surface area contributed by atoms with E-state index in [0.717, 1.165) is 18.4 Å². The number of amides is 1. The summed E-state index contributed by atoms with van der Waals surface area (Å²) in [6.07, 6.45) is 4.45. The Labute approximate surface area is 197 Å². The zero-order chi connectivity index (χ0) is 24.1. The van der Waals surface area contributed by atoms with Gasteiger partial charge < -0.3 is 28.6 Å². The van der Waals surface area contributed by atoms with Gasteiger partial charge in [0.15, 0.2) is 11.5 Å². The lowest BCUT2D eigenvalue weighted by Crippen LogP contribution is -2.44. The molecule has 11 nitrogen and oxygen atoms in total. The third-order valence-corrected chi connectivity index (χ3v) is 5.52. The number of ether oxygens (including phenoxy) is 5. The summed E-state index contributed by atoms with van der Waals surface area (Å²) in [6, 6.07) is 5.28. The maximum atomic E-state index is 13.2. The van der Waals surface area contributed by atoms with Gasteiger partial charge in [-0.25, -0.2) is 0 Å². The molecule has 3 heterocycles. The number of carbonyl (C=O) groups is 1. The van der Waals surface area contributed by atoms with E-state index in [1.807, 2.05) is 0 Å². The molecule has 0 aliphatic carbocycles. The van der Waals surface area contributed by atoms with Gasteiger partial charge in [-0.1, -0.05) is 0 Å². The minimum atomic E-state index is -0.198. The Hall–Kier alpha value is -4.02. The number of carbonyl (C=O) groups excluding carboxylic acids is 1. The van der Waals surface area contributed by atoms with Gasteiger partial charge in [-0.05, 0) is 31.0 Å². The summed E-state index contributed by atoms with van der Waals surface area (Å²) in [5.74, 6) is 2.08. The number of H-pyrrole nitrogens is 1. The fourth-order valence-electron chi connectivity index (χ4n) is 3.85. The van der Waals surface area contributed by atoms with Crippen LogP contribution in [0.3, 0.4) is 0 Å². The van der Waals surface area contributed by atoms with Gasteiger partial charge in [0.05, 0.1) is 53.1 Å². The predicted molar refractivity (Wildman–Crippen MR) is 122 cm³/mol. The Bertz CT molecular complexity index is 1130. The molecule has 1 atom stereocenters. The molecule has 180 valence electrons. The normalized spacial score (nSPS) is 15.5. The average Bonchev–Trinajstić information content (AvgIpc) is 3.38. The first kappa shape index (κ1) is 23.1. The number of nitrogens with one attached hydrogen (secondary N) is 1. The third-order valence-electron chi connectivity index (χ3n) is 5.52. The van der Waals surface area contributed by atoms with E-state index in [1.165, 1.54) is 19.5 Å². The Kier molecular flexibility index (Phi) is 7.00. The van der Waals surface area contributed by atoms with Crippen molar-refractivity contribution in [1.29, 1.82) is 0 Å². The first-order valence-electron chi connectivity index (χ1n) is 10.7. The molecule has 1 aliphatic rings. The highest BCUT2D eigenvalue weighted by Crippen LogP contribution is 2.40. The first-order chi connectivity index (χ1) is 16.6. The van der Waals surface area contributed by atoms with E-state index in [0.29, 0.717) is 53.5 Å². The van der Waals surface area contributed by atoms with Crippen molar-refractivity contribution < 1.29 is 28.5 Å². The lowest BCUT2D eigenvalue weighted by molar-refractivity contribution is 0.0520. The number of likely N-dealkylation sites (tertiary alicyclic amines) is 1. The van der Waals surface area contributed by atoms with Gasteiger partial charge in [-0.3, -0.25) is 14.9 Å². The molecule has 34 heavy (non-hydrogen) atoms. The average molecular weight is 469 g/mol. The molecular formula is C23H27N5O6. The molecule has 4 rings (SSSR count). The van der Waals surface area contributed by atoms with Crippen molar-refractivity contribution in [2.75, 3.05) is 41.5 Å². The molecule has 0 bridgehead atoms. The quantitative estimate of drug-likeness (QED) is 0.530. The van der Waals surface area contributed by atoms with Gasteiger partial charge in [0.2, 0.25) is 17.5 Å².